The molecule has 3 aromatic rings. The summed E-state index contributed by atoms with van der Waals surface area (Å²) in [5, 5.41) is 0. The van der Waals surface area contributed by atoms with Crippen LogP contribution in [0.3, 0.4) is 0 Å². The lowest BCUT2D eigenvalue weighted by molar-refractivity contribution is 0.101. The Morgan fingerprint density at radius 1 is 0.920 bits per heavy atom. The molecular formula is C22H18O3. The third-order valence-electron chi connectivity index (χ3n) is 3.95. The molecule has 3 nitrogen and oxygen atoms in total. The van der Waals surface area contributed by atoms with Gasteiger partial charge < -0.3 is 4.74 Å². The van der Waals surface area contributed by atoms with Crippen LogP contribution in [0.4, 0.5) is 0 Å². The molecule has 0 aliphatic heterocycles. The van der Waals surface area contributed by atoms with Gasteiger partial charge in [-0.25, -0.2) is 0 Å². The highest BCUT2D eigenvalue weighted by molar-refractivity contribution is 5.98. The fourth-order valence-corrected chi connectivity index (χ4v) is 2.64. The zero-order valence-electron chi connectivity index (χ0n) is 13.9. The molecule has 0 aromatic heterocycles. The third kappa shape index (κ3) is 4.01. The van der Waals surface area contributed by atoms with E-state index in [2.05, 4.69) is 0 Å². The molecule has 0 aliphatic carbocycles. The van der Waals surface area contributed by atoms with Crippen molar-refractivity contribution in [2.75, 3.05) is 0 Å². The van der Waals surface area contributed by atoms with Crippen LogP contribution in [-0.2, 0) is 6.61 Å². The van der Waals surface area contributed by atoms with Crippen LogP contribution in [-0.4, -0.2) is 12.1 Å². The molecule has 0 fully saturated rings. The molecule has 0 saturated carbocycles. The summed E-state index contributed by atoms with van der Waals surface area (Å²) in [6.07, 6.45) is 0.812. The number of hydrogen-bond acceptors (Lipinski definition) is 3. The Labute approximate surface area is 146 Å². The van der Waals surface area contributed by atoms with Crippen LogP contribution < -0.4 is 4.74 Å². The van der Waals surface area contributed by atoms with Gasteiger partial charge in [0.1, 0.15) is 18.6 Å². The zero-order chi connectivity index (χ0) is 17.6. The number of hydrogen-bond donors (Lipinski definition) is 0. The van der Waals surface area contributed by atoms with Crippen molar-refractivity contribution in [1.82, 2.24) is 0 Å². The van der Waals surface area contributed by atoms with Crippen LogP contribution in [0.1, 0.15) is 33.2 Å². The van der Waals surface area contributed by atoms with E-state index >= 15 is 0 Å². The van der Waals surface area contributed by atoms with E-state index in [1.54, 1.807) is 12.1 Å². The zero-order valence-corrected chi connectivity index (χ0v) is 13.9. The average Bonchev–Trinajstić information content (AvgIpc) is 2.67. The van der Waals surface area contributed by atoms with E-state index in [9.17, 15) is 9.59 Å². The maximum absolute atomic E-state index is 12.0. The standard InChI is InChI=1S/C22H18O3/c1-16(24)21-13-20(19-9-5-8-18(12-19)14-23)10-11-22(21)25-15-17-6-3-2-4-7-17/h2-14H,15H2,1H3. The van der Waals surface area contributed by atoms with E-state index in [4.69, 9.17) is 4.74 Å². The van der Waals surface area contributed by atoms with Crippen molar-refractivity contribution in [2.24, 2.45) is 0 Å². The highest BCUT2D eigenvalue weighted by Crippen LogP contribution is 2.28. The van der Waals surface area contributed by atoms with Crippen molar-refractivity contribution >= 4 is 12.1 Å². The summed E-state index contributed by atoms with van der Waals surface area (Å²) in [7, 11) is 0. The van der Waals surface area contributed by atoms with E-state index in [-0.39, 0.29) is 5.78 Å². The number of rotatable bonds is 6. The number of Topliss-reactive ketones (excluding diaryl/α,β-unsaturated/α-hetero) is 1. The van der Waals surface area contributed by atoms with Gasteiger partial charge in [-0.2, -0.15) is 0 Å². The Morgan fingerprint density at radius 2 is 1.68 bits per heavy atom. The largest absolute Gasteiger partial charge is 0.488 e. The summed E-state index contributed by atoms with van der Waals surface area (Å²) in [4.78, 5) is 23.0. The Bertz CT molecular complexity index is 898. The van der Waals surface area contributed by atoms with Crippen molar-refractivity contribution in [3.63, 3.8) is 0 Å². The molecule has 0 saturated heterocycles. The quantitative estimate of drug-likeness (QED) is 0.474. The molecular weight excluding hydrogens is 312 g/mol. The van der Waals surface area contributed by atoms with Crippen LogP contribution in [0.25, 0.3) is 11.1 Å². The summed E-state index contributed by atoms with van der Waals surface area (Å²) < 4.78 is 5.84. The molecule has 0 amide bonds. The fourth-order valence-electron chi connectivity index (χ4n) is 2.64. The molecule has 0 bridgehead atoms. The van der Waals surface area contributed by atoms with Crippen molar-refractivity contribution in [1.29, 1.82) is 0 Å². The molecule has 0 atom stereocenters. The molecule has 3 heteroatoms. The molecule has 124 valence electrons. The van der Waals surface area contributed by atoms with E-state index in [1.165, 1.54) is 6.92 Å². The van der Waals surface area contributed by atoms with E-state index in [0.717, 1.165) is 23.0 Å². The Balaban J connectivity index is 1.90. The molecule has 3 rings (SSSR count). The van der Waals surface area contributed by atoms with Crippen molar-refractivity contribution in [2.45, 2.75) is 13.5 Å². The number of ether oxygens (including phenoxy) is 1. The Hall–Kier alpha value is -3.20. The maximum Gasteiger partial charge on any atom is 0.163 e. The summed E-state index contributed by atoms with van der Waals surface area (Å²) in [6, 6.07) is 22.6. The molecule has 0 radical (unpaired) electrons. The predicted molar refractivity (Wildman–Crippen MR) is 98.0 cm³/mol. The lowest BCUT2D eigenvalue weighted by Crippen LogP contribution is -2.02. The first-order valence-corrected chi connectivity index (χ1v) is 8.04. The van der Waals surface area contributed by atoms with Gasteiger partial charge in [0.25, 0.3) is 0 Å². The third-order valence-corrected chi connectivity index (χ3v) is 3.95. The van der Waals surface area contributed by atoms with Crippen LogP contribution in [0, 0.1) is 0 Å². The number of ketones is 1. The molecule has 25 heavy (non-hydrogen) atoms. The van der Waals surface area contributed by atoms with Crippen molar-refractivity contribution in [3.8, 4) is 16.9 Å². The van der Waals surface area contributed by atoms with Crippen molar-refractivity contribution < 1.29 is 14.3 Å². The SMILES string of the molecule is CC(=O)c1cc(-c2cccc(C=O)c2)ccc1OCc1ccccc1. The molecule has 0 N–H and O–H groups in total. The average molecular weight is 330 g/mol. The second-order valence-corrected chi connectivity index (χ2v) is 5.78. The van der Waals surface area contributed by atoms with Crippen molar-refractivity contribution in [3.05, 3.63) is 89.5 Å². The van der Waals surface area contributed by atoms with Crippen LogP contribution in [0.15, 0.2) is 72.8 Å². The van der Waals surface area contributed by atoms with Gasteiger partial charge in [0.15, 0.2) is 5.78 Å². The smallest absolute Gasteiger partial charge is 0.163 e. The number of carbonyl (C=O) groups excluding carboxylic acids is 2. The second-order valence-electron chi connectivity index (χ2n) is 5.78. The van der Waals surface area contributed by atoms with Gasteiger partial charge in [-0.1, -0.05) is 54.6 Å². The summed E-state index contributed by atoms with van der Waals surface area (Å²) in [5.74, 6) is 0.503. The lowest BCUT2D eigenvalue weighted by Gasteiger charge is -2.12. The second kappa shape index (κ2) is 7.58. The van der Waals surface area contributed by atoms with Gasteiger partial charge in [-0.05, 0) is 41.8 Å². The number of benzene rings is 3. The first-order chi connectivity index (χ1) is 12.2. The molecule has 0 unspecified atom stereocenters. The number of aldehydes is 1. The summed E-state index contributed by atoms with van der Waals surface area (Å²) in [5.41, 5.74) is 3.94. The lowest BCUT2D eigenvalue weighted by atomic mass is 9.99. The first kappa shape index (κ1) is 16.7. The molecule has 0 aliphatic rings. The minimum Gasteiger partial charge on any atom is -0.488 e. The monoisotopic (exact) mass is 330 g/mol. The van der Waals surface area contributed by atoms with Gasteiger partial charge in [-0.15, -0.1) is 0 Å². The number of carbonyl (C=O) groups is 2. The van der Waals surface area contributed by atoms with Crippen LogP contribution >= 0.6 is 0 Å². The first-order valence-electron chi connectivity index (χ1n) is 8.04. The van der Waals surface area contributed by atoms with Gasteiger partial charge in [0.2, 0.25) is 0 Å². The summed E-state index contributed by atoms with van der Waals surface area (Å²) in [6.45, 7) is 1.93. The molecule has 3 aromatic carbocycles. The van der Waals surface area contributed by atoms with Gasteiger partial charge in [0.05, 0.1) is 5.56 Å². The van der Waals surface area contributed by atoms with Crippen LogP contribution in [0.2, 0.25) is 0 Å². The molecule has 0 spiro atoms. The van der Waals surface area contributed by atoms with E-state index in [1.807, 2.05) is 60.7 Å². The highest BCUT2D eigenvalue weighted by Gasteiger charge is 2.11. The predicted octanol–water partition coefficient (Wildman–Crippen LogP) is 4.95. The fraction of sp³-hybridized carbons (Fsp3) is 0.0909. The van der Waals surface area contributed by atoms with E-state index in [0.29, 0.717) is 23.5 Å². The van der Waals surface area contributed by atoms with E-state index < -0.39 is 0 Å². The van der Waals surface area contributed by atoms with Gasteiger partial charge in [-0.3, -0.25) is 9.59 Å². The summed E-state index contributed by atoms with van der Waals surface area (Å²) >= 11 is 0. The molecule has 0 heterocycles. The normalized spacial score (nSPS) is 10.3. The highest BCUT2D eigenvalue weighted by atomic mass is 16.5. The minimum absolute atomic E-state index is 0.0588. The van der Waals surface area contributed by atoms with Gasteiger partial charge in [0, 0.05) is 5.56 Å². The minimum atomic E-state index is -0.0588. The van der Waals surface area contributed by atoms with Gasteiger partial charge >= 0.3 is 0 Å². The maximum atomic E-state index is 12.0. The Kier molecular flexibility index (Phi) is 5.05. The topological polar surface area (TPSA) is 43.4 Å². The van der Waals surface area contributed by atoms with Crippen LogP contribution in [0.5, 0.6) is 5.75 Å². The Morgan fingerprint density at radius 3 is 2.40 bits per heavy atom.